The van der Waals surface area contributed by atoms with Gasteiger partial charge in [-0.15, -0.1) is 0 Å². The van der Waals surface area contributed by atoms with Gasteiger partial charge in [-0.05, 0) is 18.2 Å². The third-order valence-electron chi connectivity index (χ3n) is 3.22. The van der Waals surface area contributed by atoms with Gasteiger partial charge in [-0.1, -0.05) is 0 Å². The Morgan fingerprint density at radius 2 is 1.96 bits per heavy atom. The lowest BCUT2D eigenvalue weighted by Crippen LogP contribution is -2.36. The number of carbonyl (C=O) groups excluding carboxylic acids is 3. The number of nitrogens with zero attached hydrogens (tertiary/aromatic N) is 1. The Bertz CT molecular complexity index is 683. The number of hydrogen-bond donors (Lipinski definition) is 1. The van der Waals surface area contributed by atoms with E-state index in [1.807, 2.05) is 0 Å². The van der Waals surface area contributed by atoms with Crippen LogP contribution in [0.4, 0.5) is 4.79 Å². The van der Waals surface area contributed by atoms with Crippen LogP contribution in [0.1, 0.15) is 5.56 Å². The molecule has 8 heteroatoms. The van der Waals surface area contributed by atoms with Crippen LogP contribution < -0.4 is 14.8 Å². The Morgan fingerprint density at radius 3 is 2.57 bits per heavy atom. The lowest BCUT2D eigenvalue weighted by molar-refractivity contribution is -0.143. The highest BCUT2D eigenvalue weighted by Gasteiger charge is 2.35. The van der Waals surface area contributed by atoms with Gasteiger partial charge in [0.25, 0.3) is 5.91 Å². The summed E-state index contributed by atoms with van der Waals surface area (Å²) in [5.74, 6) is -0.224. The third-order valence-corrected chi connectivity index (χ3v) is 3.22. The van der Waals surface area contributed by atoms with Crippen molar-refractivity contribution in [2.75, 3.05) is 27.9 Å². The summed E-state index contributed by atoms with van der Waals surface area (Å²) in [6.45, 7) is -0.446. The molecule has 122 valence electrons. The fourth-order valence-corrected chi connectivity index (χ4v) is 2.00. The van der Waals surface area contributed by atoms with Crippen molar-refractivity contribution in [1.82, 2.24) is 10.2 Å². The highest BCUT2D eigenvalue weighted by Crippen LogP contribution is 2.27. The van der Waals surface area contributed by atoms with Crippen molar-refractivity contribution >= 4 is 24.0 Å². The fraction of sp³-hybridized carbons (Fsp3) is 0.267. The molecule has 1 heterocycles. The van der Waals surface area contributed by atoms with Gasteiger partial charge < -0.3 is 19.5 Å². The second-order valence-electron chi connectivity index (χ2n) is 4.56. The normalized spacial score (nSPS) is 15.6. The smallest absolute Gasteiger partial charge is 0.329 e. The predicted octanol–water partition coefficient (Wildman–Crippen LogP) is 0.769. The zero-order valence-electron chi connectivity index (χ0n) is 12.9. The first kappa shape index (κ1) is 16.3. The van der Waals surface area contributed by atoms with Gasteiger partial charge in [-0.25, -0.2) is 9.69 Å². The molecule has 3 amide bonds. The molecule has 1 fully saturated rings. The van der Waals surface area contributed by atoms with Crippen molar-refractivity contribution in [2.24, 2.45) is 0 Å². The van der Waals surface area contributed by atoms with Gasteiger partial charge in [-0.2, -0.15) is 0 Å². The number of amides is 3. The summed E-state index contributed by atoms with van der Waals surface area (Å²) >= 11 is 0. The summed E-state index contributed by atoms with van der Waals surface area (Å²) in [4.78, 5) is 36.0. The molecule has 0 radical (unpaired) electrons. The van der Waals surface area contributed by atoms with E-state index < -0.39 is 24.5 Å². The molecule has 0 bridgehead atoms. The summed E-state index contributed by atoms with van der Waals surface area (Å²) in [7, 11) is 4.19. The minimum absolute atomic E-state index is 0.0439. The van der Waals surface area contributed by atoms with Crippen LogP contribution >= 0.6 is 0 Å². The largest absolute Gasteiger partial charge is 0.497 e. The van der Waals surface area contributed by atoms with E-state index in [0.29, 0.717) is 17.1 Å². The van der Waals surface area contributed by atoms with E-state index in [-0.39, 0.29) is 5.70 Å². The van der Waals surface area contributed by atoms with Crippen LogP contribution in [0.15, 0.2) is 23.9 Å². The number of nitrogens with one attached hydrogen (secondary N) is 1. The maximum absolute atomic E-state index is 12.2. The second kappa shape index (κ2) is 6.82. The molecule has 0 unspecified atom stereocenters. The monoisotopic (exact) mass is 320 g/mol. The van der Waals surface area contributed by atoms with Gasteiger partial charge in [0, 0.05) is 11.6 Å². The van der Waals surface area contributed by atoms with E-state index in [9.17, 15) is 14.4 Å². The first-order valence-corrected chi connectivity index (χ1v) is 6.63. The molecule has 1 saturated heterocycles. The highest BCUT2D eigenvalue weighted by molar-refractivity contribution is 6.15. The van der Waals surface area contributed by atoms with E-state index in [1.54, 1.807) is 18.2 Å². The van der Waals surface area contributed by atoms with Crippen LogP contribution in [0.5, 0.6) is 11.5 Å². The number of urea groups is 1. The minimum atomic E-state index is -0.684. The molecule has 1 aliphatic rings. The molecule has 1 aromatic carbocycles. The zero-order valence-corrected chi connectivity index (χ0v) is 12.9. The minimum Gasteiger partial charge on any atom is -0.497 e. The molecule has 0 aromatic heterocycles. The summed E-state index contributed by atoms with van der Waals surface area (Å²) in [5, 5.41) is 2.42. The Hall–Kier alpha value is -3.03. The van der Waals surface area contributed by atoms with Gasteiger partial charge >= 0.3 is 12.0 Å². The van der Waals surface area contributed by atoms with Crippen LogP contribution in [-0.4, -0.2) is 50.7 Å². The number of imide groups is 1. The van der Waals surface area contributed by atoms with Crippen molar-refractivity contribution in [1.29, 1.82) is 0 Å². The SMILES string of the molecule is COC(=O)CN1C(=O)N/C(=C/c2ccc(OC)cc2OC)C1=O. The topological polar surface area (TPSA) is 94.2 Å². The summed E-state index contributed by atoms with van der Waals surface area (Å²) in [6, 6.07) is 4.36. The molecule has 1 aliphatic heterocycles. The highest BCUT2D eigenvalue weighted by atomic mass is 16.5. The van der Waals surface area contributed by atoms with E-state index in [2.05, 4.69) is 10.1 Å². The number of carbonyl (C=O) groups is 3. The number of esters is 1. The third kappa shape index (κ3) is 3.42. The van der Waals surface area contributed by atoms with Gasteiger partial charge in [0.05, 0.1) is 21.3 Å². The van der Waals surface area contributed by atoms with Crippen molar-refractivity contribution in [3.05, 3.63) is 29.5 Å². The molecule has 0 atom stereocenters. The van der Waals surface area contributed by atoms with Crippen molar-refractivity contribution < 1.29 is 28.6 Å². The second-order valence-corrected chi connectivity index (χ2v) is 4.56. The number of ether oxygens (including phenoxy) is 3. The maximum atomic E-state index is 12.2. The number of hydrogen-bond acceptors (Lipinski definition) is 6. The van der Waals surface area contributed by atoms with Crippen LogP contribution in [0.3, 0.4) is 0 Å². The molecule has 1 aromatic rings. The average molecular weight is 320 g/mol. The quantitative estimate of drug-likeness (QED) is 0.489. The lowest BCUT2D eigenvalue weighted by atomic mass is 10.1. The number of benzene rings is 1. The molecule has 0 saturated carbocycles. The predicted molar refractivity (Wildman–Crippen MR) is 79.8 cm³/mol. The molecule has 0 spiro atoms. The summed E-state index contributed by atoms with van der Waals surface area (Å²) in [5.41, 5.74) is 0.624. The summed E-state index contributed by atoms with van der Waals surface area (Å²) in [6.07, 6.45) is 1.47. The van der Waals surface area contributed by atoms with Crippen molar-refractivity contribution in [3.8, 4) is 11.5 Å². The standard InChI is InChI=1S/C15H16N2O6/c1-21-10-5-4-9(12(7-10)22-2)6-11-14(19)17(15(20)16-11)8-13(18)23-3/h4-7H,8H2,1-3H3,(H,16,20)/b11-6+. The zero-order chi connectivity index (χ0) is 17.0. The van der Waals surface area contributed by atoms with E-state index in [4.69, 9.17) is 9.47 Å². The molecular weight excluding hydrogens is 304 g/mol. The van der Waals surface area contributed by atoms with Crippen LogP contribution in [-0.2, 0) is 14.3 Å². The van der Waals surface area contributed by atoms with Gasteiger partial charge in [0.15, 0.2) is 0 Å². The Labute approximate surface area is 132 Å². The van der Waals surface area contributed by atoms with Gasteiger partial charge in [-0.3, -0.25) is 9.59 Å². The number of methoxy groups -OCH3 is 3. The van der Waals surface area contributed by atoms with Gasteiger partial charge in [0.1, 0.15) is 23.7 Å². The molecule has 1 N–H and O–H groups in total. The fourth-order valence-electron chi connectivity index (χ4n) is 2.00. The molecule has 0 aliphatic carbocycles. The Balaban J connectivity index is 2.28. The first-order valence-electron chi connectivity index (χ1n) is 6.63. The van der Waals surface area contributed by atoms with Crippen LogP contribution in [0, 0.1) is 0 Å². The van der Waals surface area contributed by atoms with Crippen LogP contribution in [0.2, 0.25) is 0 Å². The van der Waals surface area contributed by atoms with Crippen LogP contribution in [0.25, 0.3) is 6.08 Å². The van der Waals surface area contributed by atoms with Crippen molar-refractivity contribution in [3.63, 3.8) is 0 Å². The van der Waals surface area contributed by atoms with E-state index in [0.717, 1.165) is 4.90 Å². The van der Waals surface area contributed by atoms with Gasteiger partial charge in [0.2, 0.25) is 0 Å². The number of rotatable bonds is 5. The maximum Gasteiger partial charge on any atom is 0.329 e. The van der Waals surface area contributed by atoms with Crippen molar-refractivity contribution in [2.45, 2.75) is 0 Å². The first-order chi connectivity index (χ1) is 11.0. The van der Waals surface area contributed by atoms with E-state index in [1.165, 1.54) is 27.4 Å². The van der Waals surface area contributed by atoms with E-state index >= 15 is 0 Å². The average Bonchev–Trinajstić information content (AvgIpc) is 2.82. The molecule has 8 nitrogen and oxygen atoms in total. The molecule has 23 heavy (non-hydrogen) atoms. The molecular formula is C15H16N2O6. The molecule has 2 rings (SSSR count). The Morgan fingerprint density at radius 1 is 1.22 bits per heavy atom. The summed E-state index contributed by atoms with van der Waals surface area (Å²) < 4.78 is 14.8. The lowest BCUT2D eigenvalue weighted by Gasteiger charge is -2.09. The Kier molecular flexibility index (Phi) is 4.85.